The standard InChI is InChI=1S/C14H21F2N3O4Si/c1-24(2)23-9(7-3-4-7)10-11(20)14(15,16)12(22-10)19-6-5-8(17)18-13(19)21/h5-7,9-12,20,24H,3-4H2,1-2H3,(H2,17,18,21). The summed E-state index contributed by atoms with van der Waals surface area (Å²) in [5, 5.41) is 10.2. The second-order valence-electron chi connectivity index (χ2n) is 6.60. The highest BCUT2D eigenvalue weighted by atomic mass is 28.3. The van der Waals surface area contributed by atoms with E-state index in [0.717, 1.165) is 19.0 Å². The molecular formula is C14H21F2N3O4Si. The van der Waals surface area contributed by atoms with Crippen molar-refractivity contribution in [3.8, 4) is 0 Å². The molecule has 1 aliphatic carbocycles. The van der Waals surface area contributed by atoms with Gasteiger partial charge in [0.15, 0.2) is 15.1 Å². The number of hydrogen-bond acceptors (Lipinski definition) is 6. The first kappa shape index (κ1) is 17.5. The van der Waals surface area contributed by atoms with E-state index < -0.39 is 45.2 Å². The lowest BCUT2D eigenvalue weighted by molar-refractivity contribution is -0.141. The Bertz CT molecular complexity index is 668. The third-order valence-electron chi connectivity index (χ3n) is 4.26. The Balaban J connectivity index is 1.91. The normalized spacial score (nSPS) is 30.7. The molecule has 0 bridgehead atoms. The Labute approximate surface area is 139 Å². The number of halogens is 2. The largest absolute Gasteiger partial charge is 0.415 e. The van der Waals surface area contributed by atoms with E-state index in [1.807, 2.05) is 13.1 Å². The first-order chi connectivity index (χ1) is 11.2. The van der Waals surface area contributed by atoms with Gasteiger partial charge in [0, 0.05) is 6.20 Å². The summed E-state index contributed by atoms with van der Waals surface area (Å²) in [6.45, 7) is 3.86. The number of nitrogens with two attached hydrogens (primary N) is 1. The van der Waals surface area contributed by atoms with Gasteiger partial charge < -0.3 is 20.0 Å². The fourth-order valence-corrected chi connectivity index (χ4v) is 3.99. The number of anilines is 1. The van der Waals surface area contributed by atoms with Crippen molar-refractivity contribution in [2.75, 3.05) is 5.73 Å². The first-order valence-corrected chi connectivity index (χ1v) is 10.7. The minimum atomic E-state index is -3.64. The first-order valence-electron chi connectivity index (χ1n) is 7.93. The highest BCUT2D eigenvalue weighted by Crippen LogP contribution is 2.47. The van der Waals surface area contributed by atoms with Crippen LogP contribution in [0.15, 0.2) is 17.1 Å². The minimum absolute atomic E-state index is 0.0698. The molecular weight excluding hydrogens is 340 g/mol. The lowest BCUT2D eigenvalue weighted by Gasteiger charge is -2.27. The van der Waals surface area contributed by atoms with Crippen LogP contribution in [0.3, 0.4) is 0 Å². The molecule has 2 heterocycles. The third-order valence-corrected chi connectivity index (χ3v) is 5.12. The van der Waals surface area contributed by atoms with E-state index in [0.29, 0.717) is 4.57 Å². The number of alkyl halides is 2. The van der Waals surface area contributed by atoms with Gasteiger partial charge in [-0.3, -0.25) is 4.57 Å². The number of rotatable bonds is 5. The summed E-state index contributed by atoms with van der Waals surface area (Å²) in [4.78, 5) is 15.3. The minimum Gasteiger partial charge on any atom is -0.415 e. The Morgan fingerprint density at radius 3 is 2.75 bits per heavy atom. The second kappa shape index (κ2) is 6.17. The van der Waals surface area contributed by atoms with Crippen LogP contribution in [0.25, 0.3) is 0 Å². The topological polar surface area (TPSA) is 99.6 Å². The molecule has 2 fully saturated rings. The molecule has 0 radical (unpaired) electrons. The summed E-state index contributed by atoms with van der Waals surface area (Å²) in [6.07, 6.45) is -2.93. The number of hydrogen-bond donors (Lipinski definition) is 2. The van der Waals surface area contributed by atoms with Crippen LogP contribution in [0.2, 0.25) is 13.1 Å². The second-order valence-corrected chi connectivity index (χ2v) is 8.97. The number of aromatic nitrogens is 2. The van der Waals surface area contributed by atoms with E-state index in [1.54, 1.807) is 0 Å². The van der Waals surface area contributed by atoms with Crippen LogP contribution in [-0.4, -0.2) is 47.9 Å². The maximum atomic E-state index is 14.6. The van der Waals surface area contributed by atoms with Gasteiger partial charge in [-0.15, -0.1) is 0 Å². The molecule has 0 spiro atoms. The molecule has 4 unspecified atom stereocenters. The van der Waals surface area contributed by atoms with Crippen molar-refractivity contribution in [1.82, 2.24) is 9.55 Å². The molecule has 3 N–H and O–H groups in total. The zero-order chi connectivity index (χ0) is 17.6. The molecule has 1 saturated carbocycles. The molecule has 0 amide bonds. The van der Waals surface area contributed by atoms with Gasteiger partial charge >= 0.3 is 11.6 Å². The molecule has 7 nitrogen and oxygen atoms in total. The quantitative estimate of drug-likeness (QED) is 0.741. The van der Waals surface area contributed by atoms with Crippen molar-refractivity contribution in [3.63, 3.8) is 0 Å². The number of aliphatic hydroxyl groups is 1. The van der Waals surface area contributed by atoms with Crippen LogP contribution < -0.4 is 11.4 Å². The summed E-state index contributed by atoms with van der Waals surface area (Å²) < 4.78 is 41.1. The molecule has 10 heteroatoms. The molecule has 24 heavy (non-hydrogen) atoms. The third kappa shape index (κ3) is 3.10. The fourth-order valence-electron chi connectivity index (χ4n) is 2.99. The van der Waals surface area contributed by atoms with Gasteiger partial charge in [-0.2, -0.15) is 13.8 Å². The van der Waals surface area contributed by atoms with Crippen LogP contribution in [-0.2, 0) is 9.16 Å². The van der Waals surface area contributed by atoms with Crippen molar-refractivity contribution < 1.29 is 23.1 Å². The molecule has 1 aromatic rings. The van der Waals surface area contributed by atoms with Crippen molar-refractivity contribution in [2.45, 2.75) is 56.4 Å². The van der Waals surface area contributed by atoms with Gasteiger partial charge in [-0.25, -0.2) is 4.79 Å². The Kier molecular flexibility index (Phi) is 4.49. The van der Waals surface area contributed by atoms with Crippen LogP contribution in [0.4, 0.5) is 14.6 Å². The predicted molar refractivity (Wildman–Crippen MR) is 84.2 cm³/mol. The van der Waals surface area contributed by atoms with E-state index in [1.165, 1.54) is 6.07 Å². The molecule has 2 aliphatic rings. The number of ether oxygens (including phenoxy) is 1. The van der Waals surface area contributed by atoms with Crippen molar-refractivity contribution in [1.29, 1.82) is 0 Å². The lowest BCUT2D eigenvalue weighted by Crippen LogP contribution is -2.46. The smallest absolute Gasteiger partial charge is 0.351 e. The van der Waals surface area contributed by atoms with Crippen molar-refractivity contribution >= 4 is 14.9 Å². The summed E-state index contributed by atoms with van der Waals surface area (Å²) in [7, 11) is -1.52. The maximum Gasteiger partial charge on any atom is 0.351 e. The summed E-state index contributed by atoms with van der Waals surface area (Å²) >= 11 is 0. The Hall–Kier alpha value is -1.36. The molecule has 134 valence electrons. The maximum absolute atomic E-state index is 14.6. The van der Waals surface area contributed by atoms with Crippen LogP contribution >= 0.6 is 0 Å². The zero-order valence-corrected chi connectivity index (χ0v) is 14.6. The fraction of sp³-hybridized carbons (Fsp3) is 0.714. The molecule has 1 aliphatic heterocycles. The lowest BCUT2D eigenvalue weighted by atomic mass is 10.0. The summed E-state index contributed by atoms with van der Waals surface area (Å²) in [5.41, 5.74) is 4.43. The van der Waals surface area contributed by atoms with Gasteiger partial charge in [-0.05, 0) is 37.9 Å². The van der Waals surface area contributed by atoms with E-state index >= 15 is 0 Å². The van der Waals surface area contributed by atoms with Gasteiger partial charge in [0.05, 0.1) is 6.10 Å². The Morgan fingerprint density at radius 1 is 1.54 bits per heavy atom. The van der Waals surface area contributed by atoms with E-state index in [4.69, 9.17) is 14.9 Å². The molecule has 3 rings (SSSR count). The summed E-state index contributed by atoms with van der Waals surface area (Å²) in [6, 6.07) is 1.23. The van der Waals surface area contributed by atoms with Gasteiger partial charge in [-0.1, -0.05) is 0 Å². The molecule has 4 atom stereocenters. The van der Waals surface area contributed by atoms with E-state index in [9.17, 15) is 18.7 Å². The van der Waals surface area contributed by atoms with Crippen molar-refractivity contribution in [2.24, 2.45) is 5.92 Å². The number of nitrogens with zero attached hydrogens (tertiary/aromatic N) is 2. The molecule has 1 aromatic heterocycles. The highest BCUT2D eigenvalue weighted by molar-refractivity contribution is 6.48. The number of nitrogen functional groups attached to an aromatic ring is 1. The van der Waals surface area contributed by atoms with Crippen LogP contribution in [0, 0.1) is 5.92 Å². The van der Waals surface area contributed by atoms with Gasteiger partial charge in [0.1, 0.15) is 11.9 Å². The van der Waals surface area contributed by atoms with E-state index in [2.05, 4.69) is 4.98 Å². The van der Waals surface area contributed by atoms with Crippen molar-refractivity contribution in [3.05, 3.63) is 22.7 Å². The monoisotopic (exact) mass is 361 g/mol. The average molecular weight is 361 g/mol. The number of aliphatic hydroxyl groups excluding tert-OH is 1. The Morgan fingerprint density at radius 2 is 2.21 bits per heavy atom. The molecule has 1 saturated heterocycles. The summed E-state index contributed by atoms with van der Waals surface area (Å²) in [5.74, 6) is -3.60. The zero-order valence-electron chi connectivity index (χ0n) is 13.4. The van der Waals surface area contributed by atoms with E-state index in [-0.39, 0.29) is 11.7 Å². The van der Waals surface area contributed by atoms with Gasteiger partial charge in [0.2, 0.25) is 6.23 Å². The average Bonchev–Trinajstić information content (AvgIpc) is 3.28. The van der Waals surface area contributed by atoms with Gasteiger partial charge in [0.25, 0.3) is 0 Å². The predicted octanol–water partition coefficient (Wildman–Crippen LogP) is 0.498. The highest BCUT2D eigenvalue weighted by Gasteiger charge is 2.63. The molecule has 0 aromatic carbocycles. The van der Waals surface area contributed by atoms with Crippen LogP contribution in [0.1, 0.15) is 19.1 Å². The van der Waals surface area contributed by atoms with Crippen LogP contribution in [0.5, 0.6) is 0 Å². The SMILES string of the molecule is C[SiH](C)OC(C1CC1)C1OC(n2ccc(N)nc2=O)C(F)(F)C1O.